The molecule has 0 aliphatic heterocycles. The topological polar surface area (TPSA) is 24.7 Å². The number of benzene rings is 4. The summed E-state index contributed by atoms with van der Waals surface area (Å²) in [5.74, 6) is 1.75. The molecule has 0 atom stereocenters. The smallest absolute Gasteiger partial charge is 0.141 e. The van der Waals surface area contributed by atoms with Gasteiger partial charge in [-0.3, -0.25) is 0 Å². The van der Waals surface area contributed by atoms with Gasteiger partial charge in [0, 0.05) is 11.5 Å². The monoisotopic (exact) mass is 516 g/mol. The molecule has 0 heterocycles. The van der Waals surface area contributed by atoms with Crippen LogP contribution in [0.15, 0.2) is 131 Å². The van der Waals surface area contributed by atoms with E-state index in [0.29, 0.717) is 0 Å². The zero-order valence-electron chi connectivity index (χ0n) is 18.5. The van der Waals surface area contributed by atoms with Crippen molar-refractivity contribution in [2.24, 2.45) is 9.98 Å². The molecule has 170 valence electrons. The van der Waals surface area contributed by atoms with Gasteiger partial charge in [0.2, 0.25) is 0 Å². The van der Waals surface area contributed by atoms with Crippen LogP contribution in [0.1, 0.15) is 11.1 Å². The minimum atomic E-state index is 0.877. The molecular weight excluding hydrogens is 493 g/mol. The van der Waals surface area contributed by atoms with Crippen LogP contribution in [0.2, 0.25) is 0 Å². The number of para-hydroxylation sites is 2. The Kier molecular flexibility index (Phi) is 10.3. The Balaban J connectivity index is 1.49. The van der Waals surface area contributed by atoms with Crippen molar-refractivity contribution in [3.8, 4) is 0 Å². The zero-order valence-corrected chi connectivity index (χ0v) is 21.8. The summed E-state index contributed by atoms with van der Waals surface area (Å²) < 4.78 is 2.03. The molecule has 0 saturated heterocycles. The molecule has 2 nitrogen and oxygen atoms in total. The Morgan fingerprint density at radius 2 is 0.765 bits per heavy atom. The number of hydrogen-bond donors (Lipinski definition) is 0. The largest absolute Gasteiger partial charge is 0.234 e. The fraction of sp³-hybridized carbons (Fsp3) is 0.0714. The van der Waals surface area contributed by atoms with Crippen molar-refractivity contribution in [2.45, 2.75) is 11.5 Å². The fourth-order valence-corrected chi connectivity index (χ4v) is 7.48. The average molecular weight is 517 g/mol. The number of nitrogens with zero attached hydrogens (tertiary/aromatic N) is 2. The predicted molar refractivity (Wildman–Crippen MR) is 158 cm³/mol. The van der Waals surface area contributed by atoms with E-state index >= 15 is 0 Å². The number of aliphatic imine (C=N–C) groups is 2. The van der Waals surface area contributed by atoms with Crippen molar-refractivity contribution < 1.29 is 0 Å². The molecule has 0 aliphatic rings. The van der Waals surface area contributed by atoms with Gasteiger partial charge >= 0.3 is 0 Å². The van der Waals surface area contributed by atoms with Crippen molar-refractivity contribution in [1.29, 1.82) is 0 Å². The molecule has 4 rings (SSSR count). The van der Waals surface area contributed by atoms with E-state index in [2.05, 4.69) is 48.5 Å². The summed E-state index contributed by atoms with van der Waals surface area (Å²) in [7, 11) is 3.35. The molecular formula is C28H24N2S4. The van der Waals surface area contributed by atoms with Gasteiger partial charge < -0.3 is 0 Å². The lowest BCUT2D eigenvalue weighted by atomic mass is 10.2. The summed E-state index contributed by atoms with van der Waals surface area (Å²) in [6.07, 6.45) is 0. The van der Waals surface area contributed by atoms with Crippen LogP contribution < -0.4 is 0 Å². The first-order chi connectivity index (χ1) is 16.8. The van der Waals surface area contributed by atoms with Gasteiger partial charge in [-0.15, -0.1) is 0 Å². The third-order valence-corrected chi connectivity index (χ3v) is 9.77. The standard InChI is InChI=1S/C28H24N2S4/c1-5-13-23(14-6-1)21-31-27(29-25-17-9-3-10-18-25)33-34-28(30-26-19-11-4-12-20-26)32-22-24-15-7-2-8-16-24/h1-20H,21-22H2. The average Bonchev–Trinajstić information content (AvgIpc) is 2.91. The summed E-state index contributed by atoms with van der Waals surface area (Å²) >= 11 is 3.52. The second kappa shape index (κ2) is 14.1. The molecule has 0 aliphatic carbocycles. The molecule has 0 saturated carbocycles. The van der Waals surface area contributed by atoms with E-state index < -0.39 is 0 Å². The van der Waals surface area contributed by atoms with Gasteiger partial charge in [-0.2, -0.15) is 0 Å². The maximum atomic E-state index is 4.93. The number of thioether (sulfide) groups is 2. The number of hydrogen-bond acceptors (Lipinski definition) is 6. The van der Waals surface area contributed by atoms with E-state index in [9.17, 15) is 0 Å². The van der Waals surface area contributed by atoms with Crippen LogP contribution in [0.4, 0.5) is 11.4 Å². The van der Waals surface area contributed by atoms with E-state index in [1.165, 1.54) is 11.1 Å². The van der Waals surface area contributed by atoms with Crippen molar-refractivity contribution >= 4 is 65.2 Å². The Morgan fingerprint density at radius 3 is 1.12 bits per heavy atom. The molecule has 0 amide bonds. The van der Waals surface area contributed by atoms with Crippen LogP contribution >= 0.6 is 45.1 Å². The second-order valence-electron chi connectivity index (χ2n) is 7.14. The minimum absolute atomic E-state index is 0.877. The molecule has 0 bridgehead atoms. The van der Waals surface area contributed by atoms with Crippen LogP contribution in [-0.4, -0.2) is 8.75 Å². The SMILES string of the molecule is c1ccc(CSC(=Nc2ccccc2)SSC(=Nc2ccccc2)SCc2ccccc2)cc1. The lowest BCUT2D eigenvalue weighted by Crippen LogP contribution is -1.90. The Labute approximate surface area is 218 Å². The van der Waals surface area contributed by atoms with Gasteiger partial charge in [-0.1, -0.05) is 121 Å². The summed E-state index contributed by atoms with van der Waals surface area (Å²) in [5.41, 5.74) is 4.50. The lowest BCUT2D eigenvalue weighted by molar-refractivity contribution is 1.42. The van der Waals surface area contributed by atoms with Crippen LogP contribution in [0.3, 0.4) is 0 Å². The highest BCUT2D eigenvalue weighted by Gasteiger charge is 2.10. The summed E-state index contributed by atoms with van der Waals surface area (Å²) in [6, 6.07) is 41.3. The van der Waals surface area contributed by atoms with Crippen LogP contribution in [0.5, 0.6) is 0 Å². The van der Waals surface area contributed by atoms with E-state index in [0.717, 1.165) is 31.6 Å². The Morgan fingerprint density at radius 1 is 0.441 bits per heavy atom. The van der Waals surface area contributed by atoms with Gasteiger partial charge in [0.1, 0.15) is 8.75 Å². The molecule has 34 heavy (non-hydrogen) atoms. The molecule has 4 aromatic rings. The molecule has 0 aromatic heterocycles. The zero-order chi connectivity index (χ0) is 23.3. The molecule has 0 unspecified atom stereocenters. The van der Waals surface area contributed by atoms with E-state index in [4.69, 9.17) is 9.98 Å². The van der Waals surface area contributed by atoms with Crippen LogP contribution in [0.25, 0.3) is 0 Å². The minimum Gasteiger partial charge on any atom is -0.234 e. The first-order valence-corrected chi connectivity index (χ1v) is 14.9. The van der Waals surface area contributed by atoms with Gasteiger partial charge in [0.15, 0.2) is 0 Å². The van der Waals surface area contributed by atoms with Crippen molar-refractivity contribution in [3.63, 3.8) is 0 Å². The van der Waals surface area contributed by atoms with E-state index in [1.807, 2.05) is 72.8 Å². The molecule has 0 N–H and O–H groups in total. The van der Waals surface area contributed by atoms with E-state index in [1.54, 1.807) is 45.1 Å². The summed E-state index contributed by atoms with van der Waals surface area (Å²) in [5, 5.41) is 0. The molecule has 0 fully saturated rings. The van der Waals surface area contributed by atoms with Crippen molar-refractivity contribution in [2.75, 3.05) is 0 Å². The first-order valence-electron chi connectivity index (χ1n) is 10.8. The normalized spacial score (nSPS) is 12.0. The second-order valence-corrected chi connectivity index (χ2v) is 11.7. The molecule has 6 heteroatoms. The Hall–Kier alpha value is -2.38. The summed E-state index contributed by atoms with van der Waals surface area (Å²) in [6.45, 7) is 0. The first kappa shape index (κ1) is 24.7. The van der Waals surface area contributed by atoms with Gasteiger partial charge in [-0.05, 0) is 57.0 Å². The summed E-state index contributed by atoms with van der Waals surface area (Å²) in [4.78, 5) is 9.86. The third kappa shape index (κ3) is 8.76. The van der Waals surface area contributed by atoms with Crippen molar-refractivity contribution in [3.05, 3.63) is 132 Å². The number of rotatable bonds is 6. The highest BCUT2D eigenvalue weighted by molar-refractivity contribution is 8.93. The molecule has 4 aromatic carbocycles. The van der Waals surface area contributed by atoms with Crippen LogP contribution in [0, 0.1) is 0 Å². The highest BCUT2D eigenvalue weighted by Crippen LogP contribution is 2.38. The lowest BCUT2D eigenvalue weighted by Gasteiger charge is -2.09. The quantitative estimate of drug-likeness (QED) is 0.145. The molecule has 0 radical (unpaired) electrons. The molecule has 0 spiro atoms. The van der Waals surface area contributed by atoms with Gasteiger partial charge in [0.25, 0.3) is 0 Å². The maximum absolute atomic E-state index is 4.93. The third-order valence-electron chi connectivity index (χ3n) is 4.55. The van der Waals surface area contributed by atoms with Gasteiger partial charge in [-0.25, -0.2) is 9.98 Å². The van der Waals surface area contributed by atoms with E-state index in [-0.39, 0.29) is 0 Å². The predicted octanol–water partition coefficient (Wildman–Crippen LogP) is 9.61. The van der Waals surface area contributed by atoms with Gasteiger partial charge in [0.05, 0.1) is 11.4 Å². The van der Waals surface area contributed by atoms with Crippen LogP contribution in [-0.2, 0) is 11.5 Å². The van der Waals surface area contributed by atoms with Crippen molar-refractivity contribution in [1.82, 2.24) is 0 Å². The fourth-order valence-electron chi connectivity index (χ4n) is 2.88. The highest BCUT2D eigenvalue weighted by atomic mass is 33.1. The maximum Gasteiger partial charge on any atom is 0.141 e. The Bertz CT molecular complexity index is 1090.